The quantitative estimate of drug-likeness (QED) is 0.617. The van der Waals surface area contributed by atoms with E-state index in [0.717, 1.165) is 5.56 Å². The molecule has 2 aromatic rings. The summed E-state index contributed by atoms with van der Waals surface area (Å²) in [5.41, 5.74) is 1.94. The molecule has 156 valence electrons. The fourth-order valence-corrected chi connectivity index (χ4v) is 2.86. The largest absolute Gasteiger partial charge is 0.493 e. The molecular weight excluding hydrogens is 372 g/mol. The first kappa shape index (κ1) is 22.1. The lowest BCUT2D eigenvalue weighted by molar-refractivity contribution is -0.134. The number of likely N-dealkylation sites (N-methyl/N-ethyl adjacent to an activating group) is 1. The number of hydrogen-bond acceptors (Lipinski definition) is 6. The summed E-state index contributed by atoms with van der Waals surface area (Å²) >= 11 is 0. The molecule has 2 rings (SSSR count). The van der Waals surface area contributed by atoms with Gasteiger partial charge in [-0.1, -0.05) is 18.2 Å². The summed E-state index contributed by atoms with van der Waals surface area (Å²) in [4.78, 5) is 26.5. The maximum atomic E-state index is 12.6. The molecule has 7 nitrogen and oxygen atoms in total. The number of hydrogen-bond donors (Lipinski definition) is 1. The molecule has 0 atom stereocenters. The van der Waals surface area contributed by atoms with Gasteiger partial charge in [0, 0.05) is 25.8 Å². The second-order valence-electron chi connectivity index (χ2n) is 6.20. The van der Waals surface area contributed by atoms with Crippen LogP contribution in [0.25, 0.3) is 0 Å². The van der Waals surface area contributed by atoms with E-state index in [9.17, 15) is 9.59 Å². The zero-order valence-electron chi connectivity index (χ0n) is 17.4. The van der Waals surface area contributed by atoms with Gasteiger partial charge in [-0.15, -0.1) is 0 Å². The van der Waals surface area contributed by atoms with Gasteiger partial charge in [0.05, 0.1) is 19.3 Å². The van der Waals surface area contributed by atoms with E-state index in [2.05, 4.69) is 5.32 Å². The standard InChI is InChI=1S/C22H28N2O5/c1-5-24(14-16-11-12-19(28-6-2)20(13-16)27-4)21(25)15-29-22(26)17-9-7-8-10-18(17)23-3/h7-13,23H,5-6,14-15H2,1-4H3. The maximum absolute atomic E-state index is 12.6. The van der Waals surface area contributed by atoms with Crippen LogP contribution in [0.1, 0.15) is 29.8 Å². The Morgan fingerprint density at radius 1 is 1.07 bits per heavy atom. The topological polar surface area (TPSA) is 77.1 Å². The highest BCUT2D eigenvalue weighted by Crippen LogP contribution is 2.28. The van der Waals surface area contributed by atoms with Crippen LogP contribution in [-0.4, -0.2) is 50.7 Å². The molecular formula is C22H28N2O5. The molecule has 0 aliphatic carbocycles. The maximum Gasteiger partial charge on any atom is 0.340 e. The molecule has 0 heterocycles. The molecule has 1 N–H and O–H groups in total. The van der Waals surface area contributed by atoms with E-state index in [4.69, 9.17) is 14.2 Å². The summed E-state index contributed by atoms with van der Waals surface area (Å²) < 4.78 is 16.1. The van der Waals surface area contributed by atoms with Gasteiger partial charge >= 0.3 is 5.97 Å². The van der Waals surface area contributed by atoms with Gasteiger partial charge in [0.1, 0.15) is 0 Å². The molecule has 29 heavy (non-hydrogen) atoms. The number of methoxy groups -OCH3 is 1. The minimum Gasteiger partial charge on any atom is -0.493 e. The van der Waals surface area contributed by atoms with Crippen LogP contribution in [0.2, 0.25) is 0 Å². The number of esters is 1. The molecule has 0 fully saturated rings. The number of amides is 1. The summed E-state index contributed by atoms with van der Waals surface area (Å²) in [6.07, 6.45) is 0. The van der Waals surface area contributed by atoms with Crippen LogP contribution >= 0.6 is 0 Å². The summed E-state index contributed by atoms with van der Waals surface area (Å²) in [5, 5.41) is 2.94. The van der Waals surface area contributed by atoms with Crippen molar-refractivity contribution < 1.29 is 23.8 Å². The lowest BCUT2D eigenvalue weighted by Gasteiger charge is -2.21. The van der Waals surface area contributed by atoms with Crippen molar-refractivity contribution in [2.45, 2.75) is 20.4 Å². The number of rotatable bonds is 10. The van der Waals surface area contributed by atoms with Gasteiger partial charge in [0.2, 0.25) is 0 Å². The van der Waals surface area contributed by atoms with Crippen molar-refractivity contribution in [3.05, 3.63) is 53.6 Å². The Labute approximate surface area is 171 Å². The van der Waals surface area contributed by atoms with Crippen molar-refractivity contribution in [3.8, 4) is 11.5 Å². The van der Waals surface area contributed by atoms with Crippen LogP contribution in [0.3, 0.4) is 0 Å². The minimum absolute atomic E-state index is 0.268. The molecule has 0 aliphatic heterocycles. The number of nitrogens with zero attached hydrogens (tertiary/aromatic N) is 1. The van der Waals surface area contributed by atoms with Gasteiger partial charge in [-0.05, 0) is 43.7 Å². The molecule has 7 heteroatoms. The summed E-state index contributed by atoms with van der Waals surface area (Å²) in [5.74, 6) is 0.464. The molecule has 0 aliphatic rings. The predicted molar refractivity (Wildman–Crippen MR) is 112 cm³/mol. The van der Waals surface area contributed by atoms with E-state index < -0.39 is 5.97 Å². The second-order valence-corrected chi connectivity index (χ2v) is 6.20. The van der Waals surface area contributed by atoms with E-state index >= 15 is 0 Å². The summed E-state index contributed by atoms with van der Waals surface area (Å²) in [7, 11) is 3.30. The van der Waals surface area contributed by atoms with Crippen LogP contribution in [0.5, 0.6) is 11.5 Å². The average Bonchev–Trinajstić information content (AvgIpc) is 2.76. The molecule has 0 bridgehead atoms. The number of ether oxygens (including phenoxy) is 3. The molecule has 2 aromatic carbocycles. The lowest BCUT2D eigenvalue weighted by atomic mass is 10.2. The number of carbonyl (C=O) groups excluding carboxylic acids is 2. The molecule has 0 radical (unpaired) electrons. The highest BCUT2D eigenvalue weighted by atomic mass is 16.5. The fourth-order valence-electron chi connectivity index (χ4n) is 2.86. The van der Waals surface area contributed by atoms with Gasteiger partial charge in [0.15, 0.2) is 18.1 Å². The monoisotopic (exact) mass is 400 g/mol. The first-order valence-electron chi connectivity index (χ1n) is 9.55. The first-order valence-corrected chi connectivity index (χ1v) is 9.55. The van der Waals surface area contributed by atoms with Crippen LogP contribution in [-0.2, 0) is 16.1 Å². The fraction of sp³-hybridized carbons (Fsp3) is 0.364. The third-order valence-electron chi connectivity index (χ3n) is 4.38. The SMILES string of the molecule is CCOc1ccc(CN(CC)C(=O)COC(=O)c2ccccc2NC)cc1OC. The van der Waals surface area contributed by atoms with Gasteiger partial charge in [-0.25, -0.2) is 4.79 Å². The number of carbonyl (C=O) groups is 2. The average molecular weight is 400 g/mol. The summed E-state index contributed by atoms with van der Waals surface area (Å²) in [6.45, 7) is 4.86. The minimum atomic E-state index is -0.540. The Balaban J connectivity index is 2.01. The predicted octanol–water partition coefficient (Wildman–Crippen LogP) is 3.34. The van der Waals surface area contributed by atoms with Crippen molar-refractivity contribution in [2.24, 2.45) is 0 Å². The smallest absolute Gasteiger partial charge is 0.340 e. The third kappa shape index (κ3) is 5.88. The van der Waals surface area contributed by atoms with Crippen LogP contribution < -0.4 is 14.8 Å². The van der Waals surface area contributed by atoms with E-state index in [0.29, 0.717) is 42.4 Å². The van der Waals surface area contributed by atoms with Gasteiger partial charge in [-0.3, -0.25) is 4.79 Å². The van der Waals surface area contributed by atoms with Gasteiger partial charge in [0.25, 0.3) is 5.91 Å². The lowest BCUT2D eigenvalue weighted by Crippen LogP contribution is -2.34. The van der Waals surface area contributed by atoms with Gasteiger partial charge in [-0.2, -0.15) is 0 Å². The highest BCUT2D eigenvalue weighted by molar-refractivity contribution is 5.96. The zero-order valence-corrected chi connectivity index (χ0v) is 17.4. The molecule has 0 unspecified atom stereocenters. The number of anilines is 1. The van der Waals surface area contributed by atoms with Crippen LogP contribution in [0.4, 0.5) is 5.69 Å². The Bertz CT molecular complexity index is 838. The van der Waals surface area contributed by atoms with Crippen molar-refractivity contribution in [3.63, 3.8) is 0 Å². The van der Waals surface area contributed by atoms with Crippen LogP contribution in [0.15, 0.2) is 42.5 Å². The Kier molecular flexibility index (Phi) is 8.33. The van der Waals surface area contributed by atoms with E-state index in [1.807, 2.05) is 38.1 Å². The second kappa shape index (κ2) is 10.9. The first-order chi connectivity index (χ1) is 14.0. The third-order valence-corrected chi connectivity index (χ3v) is 4.38. The Hall–Kier alpha value is -3.22. The van der Waals surface area contributed by atoms with Crippen molar-refractivity contribution in [2.75, 3.05) is 39.2 Å². The number of nitrogens with one attached hydrogen (secondary N) is 1. The summed E-state index contributed by atoms with van der Waals surface area (Å²) in [6, 6.07) is 12.5. The van der Waals surface area contributed by atoms with E-state index in [1.165, 1.54) is 0 Å². The molecule has 0 saturated heterocycles. The Morgan fingerprint density at radius 3 is 2.48 bits per heavy atom. The molecule has 0 aromatic heterocycles. The van der Waals surface area contributed by atoms with Crippen molar-refractivity contribution in [1.82, 2.24) is 4.90 Å². The zero-order chi connectivity index (χ0) is 21.2. The van der Waals surface area contributed by atoms with Crippen molar-refractivity contribution in [1.29, 1.82) is 0 Å². The molecule has 1 amide bonds. The van der Waals surface area contributed by atoms with E-state index in [1.54, 1.807) is 37.3 Å². The van der Waals surface area contributed by atoms with Gasteiger partial charge < -0.3 is 24.4 Å². The number of benzene rings is 2. The molecule has 0 saturated carbocycles. The van der Waals surface area contributed by atoms with Crippen LogP contribution in [0, 0.1) is 0 Å². The van der Waals surface area contributed by atoms with Crippen molar-refractivity contribution >= 4 is 17.6 Å². The normalized spacial score (nSPS) is 10.2. The molecule has 0 spiro atoms. The number of para-hydroxylation sites is 1. The highest BCUT2D eigenvalue weighted by Gasteiger charge is 2.18. The Morgan fingerprint density at radius 2 is 1.83 bits per heavy atom. The van der Waals surface area contributed by atoms with E-state index in [-0.39, 0.29) is 12.5 Å².